The van der Waals surface area contributed by atoms with Gasteiger partial charge in [0.25, 0.3) is 11.4 Å². The van der Waals surface area contributed by atoms with Crippen molar-refractivity contribution in [3.63, 3.8) is 0 Å². The van der Waals surface area contributed by atoms with Crippen molar-refractivity contribution in [3.05, 3.63) is 185 Å². The van der Waals surface area contributed by atoms with Gasteiger partial charge in [-0.3, -0.25) is 30.2 Å². The summed E-state index contributed by atoms with van der Waals surface area (Å²) in [6.07, 6.45) is 11.5. The molecule has 0 radical (unpaired) electrons. The molecule has 2 bridgehead atoms. The van der Waals surface area contributed by atoms with E-state index in [2.05, 4.69) is 46.2 Å². The Morgan fingerprint density at radius 3 is 1.38 bits per heavy atom. The Bertz CT molecular complexity index is 2940. The number of thiazole rings is 2. The third-order valence-corrected chi connectivity index (χ3v) is 12.5. The fraction of sp³-hybridized carbons (Fsp3) is 0.0638. The number of fused-ring (bicyclic) bond motifs is 8. The van der Waals surface area contributed by atoms with Crippen LogP contribution in [-0.2, 0) is 13.1 Å². The third-order valence-electron chi connectivity index (χ3n) is 10.5. The van der Waals surface area contributed by atoms with Crippen LogP contribution in [-0.4, -0.2) is 38.9 Å². The summed E-state index contributed by atoms with van der Waals surface area (Å²) in [4.78, 5) is 45.0. The normalized spacial score (nSPS) is 13.6. The molecule has 14 heteroatoms. The number of hydrogen-bond donors (Lipinski definition) is 0. The molecule has 61 heavy (non-hydrogen) atoms. The maximum atomic E-state index is 10.9. The van der Waals surface area contributed by atoms with Crippen LogP contribution in [0.5, 0.6) is 0 Å². The SMILES string of the molecule is O=[N+]([O-])c1ccc(/C=C/c2nc3ccc(/N=C/c4ccc5c(c4)CN4CN5Cc5cc(/C=N/c6ccc7nc(/C=C/c8ccc([N+](=O)[O-])cc8)sc7c6)ccc54)cc3s2)cc1. The number of nitro groups is 2. The van der Waals surface area contributed by atoms with Crippen molar-refractivity contribution in [1.29, 1.82) is 0 Å². The molecule has 2 aromatic heterocycles. The van der Waals surface area contributed by atoms with Crippen molar-refractivity contribution >= 4 is 114 Å². The molecule has 0 atom stereocenters. The maximum absolute atomic E-state index is 10.9. The van der Waals surface area contributed by atoms with Gasteiger partial charge in [0.15, 0.2) is 0 Å². The van der Waals surface area contributed by atoms with Gasteiger partial charge in [-0.25, -0.2) is 9.97 Å². The smallest absolute Gasteiger partial charge is 0.269 e. The lowest BCUT2D eigenvalue weighted by atomic mass is 9.99. The van der Waals surface area contributed by atoms with Gasteiger partial charge in [0.05, 0.1) is 48.3 Å². The van der Waals surface area contributed by atoms with Gasteiger partial charge in [0.1, 0.15) is 10.0 Å². The standard InChI is InChI=1S/C47H32N8O4S2/c56-54(57)38-11-1-30(2-12-38)7-19-46-50-40-15-9-36(23-44(40)60-46)48-25-32-5-17-42-34(21-32)27-52-29-53(42)28-35-22-33(6-18-43(35)52)26-49-37-10-16-41-45(24-37)61-47(51-41)20-8-31-3-13-39(14-4-31)55(58)59/h1-26H,27-29H2/b19-7+,20-8+,48-25+,49-26+. The molecule has 8 aromatic rings. The van der Waals surface area contributed by atoms with Crippen LogP contribution in [0, 0.1) is 20.2 Å². The molecule has 0 aliphatic carbocycles. The summed E-state index contributed by atoms with van der Waals surface area (Å²) in [5.74, 6) is 0. The monoisotopic (exact) mass is 836 g/mol. The van der Waals surface area contributed by atoms with Crippen LogP contribution < -0.4 is 9.80 Å². The first-order valence-electron chi connectivity index (χ1n) is 19.3. The van der Waals surface area contributed by atoms with Crippen LogP contribution in [0.2, 0.25) is 0 Å². The molecule has 0 spiro atoms. The average Bonchev–Trinajstić information content (AvgIpc) is 3.89. The molecule has 4 heterocycles. The lowest BCUT2D eigenvalue weighted by molar-refractivity contribution is -0.385. The topological polar surface area (TPSA) is 143 Å². The summed E-state index contributed by atoms with van der Waals surface area (Å²) in [5.41, 5.74) is 12.4. The first-order valence-corrected chi connectivity index (χ1v) is 20.9. The van der Waals surface area contributed by atoms with Crippen molar-refractivity contribution in [2.45, 2.75) is 13.1 Å². The molecule has 0 N–H and O–H groups in total. The van der Waals surface area contributed by atoms with Crippen molar-refractivity contribution in [2.75, 3.05) is 16.5 Å². The Hall–Kier alpha value is -7.68. The van der Waals surface area contributed by atoms with Gasteiger partial charge in [-0.1, -0.05) is 24.3 Å². The van der Waals surface area contributed by atoms with Crippen LogP contribution in [0.3, 0.4) is 0 Å². The number of benzene rings is 6. The second-order valence-electron chi connectivity index (χ2n) is 14.6. The van der Waals surface area contributed by atoms with Gasteiger partial charge >= 0.3 is 0 Å². The van der Waals surface area contributed by atoms with E-state index in [1.807, 2.05) is 73.1 Å². The van der Waals surface area contributed by atoms with Gasteiger partial charge < -0.3 is 9.80 Å². The number of nitrogens with zero attached hydrogens (tertiary/aromatic N) is 8. The van der Waals surface area contributed by atoms with Crippen molar-refractivity contribution in [1.82, 2.24) is 9.97 Å². The fourth-order valence-electron chi connectivity index (χ4n) is 7.49. The molecule has 6 aromatic carbocycles. The summed E-state index contributed by atoms with van der Waals surface area (Å²) >= 11 is 3.15. The molecular weight excluding hydrogens is 805 g/mol. The average molecular weight is 837 g/mol. The summed E-state index contributed by atoms with van der Waals surface area (Å²) in [6, 6.07) is 38.0. The van der Waals surface area contributed by atoms with E-state index in [-0.39, 0.29) is 11.4 Å². The zero-order chi connectivity index (χ0) is 41.5. The quantitative estimate of drug-likeness (QED) is 0.0752. The van der Waals surface area contributed by atoms with Crippen LogP contribution in [0.15, 0.2) is 131 Å². The van der Waals surface area contributed by atoms with E-state index in [9.17, 15) is 20.2 Å². The first-order chi connectivity index (χ1) is 29.8. The van der Waals surface area contributed by atoms with Gasteiger partial charge in [-0.05, 0) is 130 Å². The minimum atomic E-state index is -0.403. The zero-order valence-electron chi connectivity index (χ0n) is 32.2. The van der Waals surface area contributed by atoms with Gasteiger partial charge in [0, 0.05) is 61.2 Å². The highest BCUT2D eigenvalue weighted by atomic mass is 32.1. The number of anilines is 2. The molecule has 10 rings (SSSR count). The van der Waals surface area contributed by atoms with Gasteiger partial charge in [-0.15, -0.1) is 22.7 Å². The van der Waals surface area contributed by atoms with Crippen molar-refractivity contribution in [3.8, 4) is 0 Å². The molecule has 2 aliphatic heterocycles. The Labute approximate surface area is 356 Å². The minimum absolute atomic E-state index is 0.0674. The van der Waals surface area contributed by atoms with Crippen molar-refractivity contribution in [2.24, 2.45) is 9.98 Å². The van der Waals surface area contributed by atoms with Crippen LogP contribution >= 0.6 is 22.7 Å². The van der Waals surface area contributed by atoms with Crippen LogP contribution in [0.1, 0.15) is 43.4 Å². The van der Waals surface area contributed by atoms with Gasteiger partial charge in [0.2, 0.25) is 0 Å². The number of aliphatic imine (C=N–C) groups is 2. The highest BCUT2D eigenvalue weighted by Crippen LogP contribution is 2.39. The molecule has 0 unspecified atom stereocenters. The highest BCUT2D eigenvalue weighted by Gasteiger charge is 2.29. The molecule has 0 amide bonds. The number of hydrogen-bond acceptors (Lipinski definition) is 12. The second kappa shape index (κ2) is 15.8. The molecule has 0 saturated heterocycles. The fourth-order valence-corrected chi connectivity index (χ4v) is 9.30. The second-order valence-corrected chi connectivity index (χ2v) is 16.7. The van der Waals surface area contributed by atoms with Crippen LogP contribution in [0.25, 0.3) is 44.7 Å². The van der Waals surface area contributed by atoms with E-state index < -0.39 is 9.85 Å². The molecule has 296 valence electrons. The van der Waals surface area contributed by atoms with Crippen LogP contribution in [0.4, 0.5) is 34.1 Å². The summed E-state index contributed by atoms with van der Waals surface area (Å²) in [5, 5.41) is 23.6. The Kier molecular flexibility index (Phi) is 9.75. The Morgan fingerprint density at radius 2 is 0.951 bits per heavy atom. The summed E-state index contributed by atoms with van der Waals surface area (Å²) in [6.45, 7) is 2.44. The van der Waals surface area contributed by atoms with E-state index in [0.29, 0.717) is 0 Å². The predicted molar refractivity (Wildman–Crippen MR) is 248 cm³/mol. The number of rotatable bonds is 10. The number of aromatic nitrogens is 2. The zero-order valence-corrected chi connectivity index (χ0v) is 33.8. The van der Waals surface area contributed by atoms with E-state index in [0.717, 1.165) is 83.8 Å². The lowest BCUT2D eigenvalue weighted by Gasteiger charge is -2.45. The Balaban J connectivity index is 0.790. The maximum Gasteiger partial charge on any atom is 0.269 e. The Morgan fingerprint density at radius 1 is 0.525 bits per heavy atom. The van der Waals surface area contributed by atoms with Crippen molar-refractivity contribution < 1.29 is 9.85 Å². The van der Waals surface area contributed by atoms with Gasteiger partial charge in [-0.2, -0.15) is 0 Å². The number of nitro benzene ring substituents is 2. The van der Waals surface area contributed by atoms with E-state index in [1.165, 1.54) is 46.8 Å². The molecule has 0 saturated carbocycles. The minimum Gasteiger partial charge on any atom is -0.349 e. The third kappa shape index (κ3) is 8.05. The molecule has 12 nitrogen and oxygen atoms in total. The van der Waals surface area contributed by atoms with E-state index in [4.69, 9.17) is 20.0 Å². The van der Waals surface area contributed by atoms with E-state index in [1.54, 1.807) is 46.9 Å². The molecule has 0 fully saturated rings. The molecule has 2 aliphatic rings. The first kappa shape index (κ1) is 37.6. The highest BCUT2D eigenvalue weighted by molar-refractivity contribution is 7.19. The lowest BCUT2D eigenvalue weighted by Crippen LogP contribution is -2.46. The number of non-ortho nitro benzene ring substituents is 2. The largest absolute Gasteiger partial charge is 0.349 e. The van der Waals surface area contributed by atoms with E-state index >= 15 is 0 Å². The predicted octanol–water partition coefficient (Wildman–Crippen LogP) is 11.9. The summed E-state index contributed by atoms with van der Waals surface area (Å²) < 4.78 is 2.07. The molecular formula is C47H32N8O4S2. The summed E-state index contributed by atoms with van der Waals surface area (Å²) in [7, 11) is 0.